The maximum Gasteiger partial charge on any atom is 0.422 e. The van der Waals surface area contributed by atoms with Crippen LogP contribution in [0.5, 0.6) is 0 Å². The Labute approximate surface area is 218 Å². The molecule has 1 atom stereocenters. The average Bonchev–Trinajstić information content (AvgIpc) is 3.33. The number of aromatic nitrogens is 2. The van der Waals surface area contributed by atoms with Crippen molar-refractivity contribution in [2.45, 2.75) is 41.4 Å². The van der Waals surface area contributed by atoms with Gasteiger partial charge in [0.2, 0.25) is 5.67 Å². The summed E-state index contributed by atoms with van der Waals surface area (Å²) in [7, 11) is -2.68. The molecule has 0 bridgehead atoms. The molecule has 3 aromatic rings. The van der Waals surface area contributed by atoms with Gasteiger partial charge in [0.25, 0.3) is 15.6 Å². The number of pyridine rings is 1. The van der Waals surface area contributed by atoms with E-state index in [4.69, 9.17) is 16.3 Å². The van der Waals surface area contributed by atoms with Crippen molar-refractivity contribution in [2.75, 3.05) is 11.8 Å². The Balaban J connectivity index is 1.53. The number of nitrogens with one attached hydrogen (secondary N) is 1. The van der Waals surface area contributed by atoms with Crippen LogP contribution in [-0.2, 0) is 14.8 Å². The number of sulfonamides is 1. The van der Waals surface area contributed by atoms with Crippen molar-refractivity contribution in [3.8, 4) is 0 Å². The number of ether oxygens (including phenoxy) is 1. The van der Waals surface area contributed by atoms with Crippen LogP contribution >= 0.6 is 11.6 Å². The summed E-state index contributed by atoms with van der Waals surface area (Å²) in [6.45, 7) is 0. The van der Waals surface area contributed by atoms with Crippen molar-refractivity contribution < 1.29 is 35.2 Å². The van der Waals surface area contributed by atoms with Crippen molar-refractivity contribution in [1.29, 1.82) is 0 Å². The van der Waals surface area contributed by atoms with E-state index in [1.807, 2.05) is 0 Å². The highest BCUT2D eigenvalue weighted by atomic mass is 35.5. The van der Waals surface area contributed by atoms with Gasteiger partial charge in [0.05, 0.1) is 28.6 Å². The van der Waals surface area contributed by atoms with Crippen LogP contribution in [0.25, 0.3) is 16.6 Å². The number of benzene rings is 1. The molecule has 1 fully saturated rings. The van der Waals surface area contributed by atoms with Crippen LogP contribution in [0, 0.1) is 5.92 Å². The number of fused-ring (bicyclic) bond motifs is 1. The second kappa shape index (κ2) is 9.16. The van der Waals surface area contributed by atoms with Gasteiger partial charge < -0.3 is 9.26 Å². The zero-order chi connectivity index (χ0) is 27.5. The molecule has 2 aromatic heterocycles. The summed E-state index contributed by atoms with van der Waals surface area (Å²) in [6.07, 6.45) is -3.73. The summed E-state index contributed by atoms with van der Waals surface area (Å²) >= 11 is 6.54. The zero-order valence-electron chi connectivity index (χ0n) is 19.6. The molecule has 202 valence electrons. The van der Waals surface area contributed by atoms with E-state index in [-0.39, 0.29) is 22.9 Å². The third-order valence-corrected chi connectivity index (χ3v) is 8.54. The Hall–Kier alpha value is -3.32. The number of hydrogen-bond acceptors (Lipinski definition) is 6. The number of alkyl halides is 5. The number of halogens is 5. The minimum atomic E-state index is -4.96. The van der Waals surface area contributed by atoms with Crippen LogP contribution < -0.4 is 10.3 Å². The zero-order valence-corrected chi connectivity index (χ0v) is 21.2. The summed E-state index contributed by atoms with van der Waals surface area (Å²) in [6, 6.07) is 8.17. The first-order valence-electron chi connectivity index (χ1n) is 11.3. The summed E-state index contributed by atoms with van der Waals surface area (Å²) in [5, 5.41) is 3.12. The van der Waals surface area contributed by atoms with Crippen LogP contribution in [0.2, 0.25) is 0 Å². The smallest absolute Gasteiger partial charge is 0.422 e. The van der Waals surface area contributed by atoms with Gasteiger partial charge >= 0.3 is 6.18 Å². The number of methoxy groups -OCH3 is 1. The van der Waals surface area contributed by atoms with Gasteiger partial charge in [-0.1, -0.05) is 5.16 Å². The fourth-order valence-corrected chi connectivity index (χ4v) is 6.20. The molecule has 5 rings (SSSR count). The first-order valence-corrected chi connectivity index (χ1v) is 13.2. The van der Waals surface area contributed by atoms with Crippen LogP contribution in [0.3, 0.4) is 0 Å². The van der Waals surface area contributed by atoms with Crippen molar-refractivity contribution in [2.24, 2.45) is 5.92 Å². The summed E-state index contributed by atoms with van der Waals surface area (Å²) in [5.41, 5.74) is -2.61. The molecule has 0 saturated heterocycles. The molecule has 14 heteroatoms. The van der Waals surface area contributed by atoms with E-state index in [1.54, 1.807) is 0 Å². The first kappa shape index (κ1) is 26.3. The fourth-order valence-electron chi connectivity index (χ4n) is 4.79. The molecule has 38 heavy (non-hydrogen) atoms. The quantitative estimate of drug-likeness (QED) is 0.320. The monoisotopic (exact) mass is 573 g/mol. The number of nitrogens with zero attached hydrogens (tertiary/aromatic N) is 2. The molecule has 1 saturated carbocycles. The summed E-state index contributed by atoms with van der Waals surface area (Å²) < 4.78 is 92.4. The molecular formula is C24H20ClF4N3O5S. The molecular weight excluding hydrogens is 554 g/mol. The van der Waals surface area contributed by atoms with E-state index in [1.165, 1.54) is 60.4 Å². The highest BCUT2D eigenvalue weighted by Gasteiger charge is 2.64. The SMILES string of the molecule is COC1=C(n2c(=O)ccc3cc(S(=O)(=O)Nc4ccon4)ccc32)CC(Cl)C(C2CC(F)(C(F)(F)F)C2)=C1. The van der Waals surface area contributed by atoms with Crippen molar-refractivity contribution in [3.63, 3.8) is 0 Å². The van der Waals surface area contributed by atoms with Crippen LogP contribution in [0.15, 0.2) is 74.3 Å². The largest absolute Gasteiger partial charge is 0.495 e. The Kier molecular flexibility index (Phi) is 6.33. The molecule has 1 N–H and O–H groups in total. The molecule has 0 amide bonds. The topological polar surface area (TPSA) is 103 Å². The van der Waals surface area contributed by atoms with Gasteiger partial charge in [-0.05, 0) is 54.7 Å². The maximum absolute atomic E-state index is 14.2. The predicted octanol–water partition coefficient (Wildman–Crippen LogP) is 5.22. The number of anilines is 1. The Morgan fingerprint density at radius 2 is 1.95 bits per heavy atom. The van der Waals surface area contributed by atoms with Gasteiger partial charge in [-0.25, -0.2) is 12.8 Å². The molecule has 0 aliphatic heterocycles. The summed E-state index contributed by atoms with van der Waals surface area (Å²) in [4.78, 5) is 12.9. The van der Waals surface area contributed by atoms with Crippen molar-refractivity contribution >= 4 is 44.0 Å². The second-order valence-electron chi connectivity index (χ2n) is 9.12. The Morgan fingerprint density at radius 1 is 1.21 bits per heavy atom. The van der Waals surface area contributed by atoms with Crippen LogP contribution in [-0.4, -0.2) is 42.5 Å². The normalized spacial score (nSPS) is 24.2. The highest BCUT2D eigenvalue weighted by molar-refractivity contribution is 7.92. The fraction of sp³-hybridized carbons (Fsp3) is 0.333. The molecule has 0 spiro atoms. The van der Waals surface area contributed by atoms with E-state index < -0.39 is 51.6 Å². The van der Waals surface area contributed by atoms with Gasteiger partial charge in [-0.2, -0.15) is 13.2 Å². The first-order chi connectivity index (χ1) is 17.8. The molecule has 1 unspecified atom stereocenters. The lowest BCUT2D eigenvalue weighted by atomic mass is 9.66. The van der Waals surface area contributed by atoms with Crippen molar-refractivity contribution in [1.82, 2.24) is 9.72 Å². The minimum Gasteiger partial charge on any atom is -0.495 e. The lowest BCUT2D eigenvalue weighted by Crippen LogP contribution is -2.52. The number of hydrogen-bond donors (Lipinski definition) is 1. The maximum atomic E-state index is 14.2. The summed E-state index contributed by atoms with van der Waals surface area (Å²) in [5.74, 6) is -0.529. The van der Waals surface area contributed by atoms with E-state index in [0.717, 1.165) is 0 Å². The predicted molar refractivity (Wildman–Crippen MR) is 131 cm³/mol. The van der Waals surface area contributed by atoms with Gasteiger partial charge in [0, 0.05) is 23.9 Å². The lowest BCUT2D eigenvalue weighted by Gasteiger charge is -2.45. The third-order valence-electron chi connectivity index (χ3n) is 6.78. The molecule has 1 aromatic carbocycles. The highest BCUT2D eigenvalue weighted by Crippen LogP contribution is 2.55. The van der Waals surface area contributed by atoms with E-state index >= 15 is 0 Å². The van der Waals surface area contributed by atoms with E-state index in [9.17, 15) is 30.8 Å². The Morgan fingerprint density at radius 3 is 2.58 bits per heavy atom. The molecule has 2 aliphatic rings. The minimum absolute atomic E-state index is 0.00499. The van der Waals surface area contributed by atoms with E-state index in [2.05, 4.69) is 14.4 Å². The second-order valence-corrected chi connectivity index (χ2v) is 11.3. The molecule has 2 heterocycles. The molecule has 0 radical (unpaired) electrons. The number of allylic oxidation sites excluding steroid dienone is 3. The van der Waals surface area contributed by atoms with Gasteiger partial charge in [0.15, 0.2) is 5.82 Å². The number of rotatable bonds is 6. The average molecular weight is 574 g/mol. The standard InChI is InChI=1S/C24H20ClF4N3O5S/c1-36-20-9-16(14-11-23(26,12-14)24(27,28)29)17(25)10-19(20)32-18-4-3-15(8-13(18)2-5-22(32)33)38(34,35)31-21-6-7-37-30-21/h2-9,14,17H,10-12H2,1H3,(H,30,31). The van der Waals surface area contributed by atoms with Crippen LogP contribution in [0.4, 0.5) is 23.4 Å². The molecule has 8 nitrogen and oxygen atoms in total. The van der Waals surface area contributed by atoms with Crippen LogP contribution in [0.1, 0.15) is 19.3 Å². The molecule has 2 aliphatic carbocycles. The lowest BCUT2D eigenvalue weighted by molar-refractivity contribution is -0.264. The van der Waals surface area contributed by atoms with Gasteiger partial charge in [-0.3, -0.25) is 14.1 Å². The van der Waals surface area contributed by atoms with Gasteiger partial charge in [0.1, 0.15) is 12.0 Å². The van der Waals surface area contributed by atoms with E-state index in [0.29, 0.717) is 22.2 Å². The Bertz CT molecular complexity index is 1620. The van der Waals surface area contributed by atoms with Crippen molar-refractivity contribution in [3.05, 3.63) is 70.4 Å². The van der Waals surface area contributed by atoms with Gasteiger partial charge in [-0.15, -0.1) is 11.6 Å². The third kappa shape index (κ3) is 4.47.